The van der Waals surface area contributed by atoms with Gasteiger partial charge >= 0.3 is 0 Å². The number of halogens is 2. The fourth-order valence-electron chi connectivity index (χ4n) is 1.24. The molecular formula is C10H7Cl2NO. The van der Waals surface area contributed by atoms with Crippen LogP contribution in [0.2, 0.25) is 10.0 Å². The van der Waals surface area contributed by atoms with E-state index < -0.39 is 0 Å². The number of nitrogens with two attached hydrogens (primary N) is 1. The number of furan rings is 1. The molecule has 0 bridgehead atoms. The van der Waals surface area contributed by atoms with E-state index in [0.717, 1.165) is 11.1 Å². The highest BCUT2D eigenvalue weighted by Gasteiger charge is 2.09. The molecule has 0 saturated carbocycles. The van der Waals surface area contributed by atoms with Gasteiger partial charge in [0.1, 0.15) is 0 Å². The minimum Gasteiger partial charge on any atom is -0.472 e. The van der Waals surface area contributed by atoms with Gasteiger partial charge in [-0.1, -0.05) is 23.2 Å². The van der Waals surface area contributed by atoms with E-state index in [-0.39, 0.29) is 0 Å². The molecular weight excluding hydrogens is 221 g/mol. The summed E-state index contributed by atoms with van der Waals surface area (Å²) in [5, 5.41) is 0.935. The molecule has 1 aromatic heterocycles. The van der Waals surface area contributed by atoms with Crippen LogP contribution in [0.1, 0.15) is 0 Å². The van der Waals surface area contributed by atoms with Crippen LogP contribution in [0, 0.1) is 0 Å². The number of nitrogen functional groups attached to an aromatic ring is 1. The third kappa shape index (κ3) is 1.59. The van der Waals surface area contributed by atoms with Crippen LogP contribution in [0.5, 0.6) is 0 Å². The van der Waals surface area contributed by atoms with E-state index in [9.17, 15) is 0 Å². The van der Waals surface area contributed by atoms with Crippen molar-refractivity contribution in [2.45, 2.75) is 0 Å². The Morgan fingerprint density at radius 3 is 2.64 bits per heavy atom. The number of anilines is 1. The first-order valence-electron chi connectivity index (χ1n) is 3.95. The second-order valence-electron chi connectivity index (χ2n) is 2.88. The van der Waals surface area contributed by atoms with Gasteiger partial charge in [0.2, 0.25) is 0 Å². The zero-order valence-corrected chi connectivity index (χ0v) is 8.64. The van der Waals surface area contributed by atoms with E-state index in [2.05, 4.69) is 0 Å². The molecule has 0 amide bonds. The molecule has 0 aliphatic carbocycles. The molecule has 0 atom stereocenters. The highest BCUT2D eigenvalue weighted by molar-refractivity contribution is 6.44. The highest BCUT2D eigenvalue weighted by atomic mass is 35.5. The normalized spacial score (nSPS) is 10.4. The number of benzene rings is 1. The SMILES string of the molecule is Nc1cc(Cl)c(Cl)c(-c2ccoc2)c1. The van der Waals surface area contributed by atoms with Gasteiger partial charge < -0.3 is 10.2 Å². The standard InChI is InChI=1S/C10H7Cl2NO/c11-9-4-7(13)3-8(10(9)12)6-1-2-14-5-6/h1-5H,13H2. The second kappa shape index (κ2) is 3.56. The third-order valence-corrected chi connectivity index (χ3v) is 2.68. The summed E-state index contributed by atoms with van der Waals surface area (Å²) in [6.45, 7) is 0. The monoisotopic (exact) mass is 227 g/mol. The van der Waals surface area contributed by atoms with Crippen LogP contribution in [0.15, 0.2) is 35.1 Å². The fraction of sp³-hybridized carbons (Fsp3) is 0. The minimum atomic E-state index is 0.447. The molecule has 2 rings (SSSR count). The van der Waals surface area contributed by atoms with Gasteiger partial charge in [0.25, 0.3) is 0 Å². The smallest absolute Gasteiger partial charge is 0.0981 e. The van der Waals surface area contributed by atoms with E-state index in [1.54, 1.807) is 30.7 Å². The summed E-state index contributed by atoms with van der Waals surface area (Å²) in [4.78, 5) is 0. The Labute approximate surface area is 91.2 Å². The average molecular weight is 228 g/mol. The molecule has 2 aromatic rings. The lowest BCUT2D eigenvalue weighted by Crippen LogP contribution is -1.87. The van der Waals surface area contributed by atoms with Crippen LogP contribution < -0.4 is 5.73 Å². The third-order valence-electron chi connectivity index (χ3n) is 1.88. The maximum Gasteiger partial charge on any atom is 0.0981 e. The Balaban J connectivity index is 2.64. The summed E-state index contributed by atoms with van der Waals surface area (Å²) >= 11 is 11.9. The van der Waals surface area contributed by atoms with Crippen LogP contribution in [0.25, 0.3) is 11.1 Å². The molecule has 2 nitrogen and oxygen atoms in total. The summed E-state index contributed by atoms with van der Waals surface area (Å²) in [6.07, 6.45) is 3.17. The molecule has 1 heterocycles. The molecule has 0 aliphatic rings. The number of hydrogen-bond acceptors (Lipinski definition) is 2. The average Bonchev–Trinajstić information content (AvgIpc) is 2.63. The summed E-state index contributed by atoms with van der Waals surface area (Å²) in [5.41, 5.74) is 7.89. The van der Waals surface area contributed by atoms with Gasteiger partial charge in [-0.2, -0.15) is 0 Å². The molecule has 0 fully saturated rings. The molecule has 0 saturated heterocycles. The number of rotatable bonds is 1. The van der Waals surface area contributed by atoms with Crippen molar-refractivity contribution >= 4 is 28.9 Å². The van der Waals surface area contributed by atoms with Gasteiger partial charge in [0, 0.05) is 16.8 Å². The Bertz CT molecular complexity index is 451. The zero-order chi connectivity index (χ0) is 10.1. The van der Waals surface area contributed by atoms with Crippen molar-refractivity contribution in [1.29, 1.82) is 0 Å². The van der Waals surface area contributed by atoms with Gasteiger partial charge in [-0.25, -0.2) is 0 Å². The van der Waals surface area contributed by atoms with Gasteiger partial charge in [0.05, 0.1) is 22.6 Å². The van der Waals surface area contributed by atoms with E-state index in [1.807, 2.05) is 0 Å². The van der Waals surface area contributed by atoms with Crippen molar-refractivity contribution in [2.75, 3.05) is 5.73 Å². The maximum absolute atomic E-state index is 6.03. The van der Waals surface area contributed by atoms with E-state index in [0.29, 0.717) is 15.7 Å². The van der Waals surface area contributed by atoms with Crippen molar-refractivity contribution in [2.24, 2.45) is 0 Å². The molecule has 1 aromatic carbocycles. The quantitative estimate of drug-likeness (QED) is 0.753. The van der Waals surface area contributed by atoms with E-state index >= 15 is 0 Å². The van der Waals surface area contributed by atoms with E-state index in [4.69, 9.17) is 33.4 Å². The van der Waals surface area contributed by atoms with Crippen molar-refractivity contribution < 1.29 is 4.42 Å². The van der Waals surface area contributed by atoms with Crippen LogP contribution in [-0.2, 0) is 0 Å². The van der Waals surface area contributed by atoms with Crippen molar-refractivity contribution in [3.05, 3.63) is 40.8 Å². The van der Waals surface area contributed by atoms with Crippen molar-refractivity contribution in [3.8, 4) is 11.1 Å². The Kier molecular flexibility index (Phi) is 2.40. The molecule has 72 valence electrons. The van der Waals surface area contributed by atoms with Crippen molar-refractivity contribution in [3.63, 3.8) is 0 Å². The Morgan fingerprint density at radius 1 is 1.21 bits per heavy atom. The highest BCUT2D eigenvalue weighted by Crippen LogP contribution is 2.35. The topological polar surface area (TPSA) is 39.2 Å². The summed E-state index contributed by atoms with van der Waals surface area (Å²) in [5.74, 6) is 0. The second-order valence-corrected chi connectivity index (χ2v) is 3.66. The van der Waals surface area contributed by atoms with Gasteiger partial charge in [-0.15, -0.1) is 0 Å². The lowest BCUT2D eigenvalue weighted by molar-refractivity contribution is 0.568. The molecule has 14 heavy (non-hydrogen) atoms. The zero-order valence-electron chi connectivity index (χ0n) is 7.13. The molecule has 4 heteroatoms. The van der Waals surface area contributed by atoms with Gasteiger partial charge in [-0.05, 0) is 18.2 Å². The van der Waals surface area contributed by atoms with E-state index in [1.165, 1.54) is 0 Å². The van der Waals surface area contributed by atoms with Crippen LogP contribution in [0.3, 0.4) is 0 Å². The Morgan fingerprint density at radius 2 is 2.00 bits per heavy atom. The summed E-state index contributed by atoms with van der Waals surface area (Å²) < 4.78 is 4.96. The minimum absolute atomic E-state index is 0.447. The summed E-state index contributed by atoms with van der Waals surface area (Å²) in [7, 11) is 0. The van der Waals surface area contributed by atoms with Gasteiger partial charge in [0.15, 0.2) is 0 Å². The number of hydrogen-bond donors (Lipinski definition) is 1. The molecule has 0 unspecified atom stereocenters. The molecule has 0 spiro atoms. The first-order chi connectivity index (χ1) is 6.68. The first-order valence-corrected chi connectivity index (χ1v) is 4.71. The summed E-state index contributed by atoms with van der Waals surface area (Å²) in [6, 6.07) is 5.18. The lowest BCUT2D eigenvalue weighted by Gasteiger charge is -2.04. The van der Waals surface area contributed by atoms with Gasteiger partial charge in [-0.3, -0.25) is 0 Å². The maximum atomic E-state index is 6.03. The van der Waals surface area contributed by atoms with Crippen LogP contribution in [-0.4, -0.2) is 0 Å². The first kappa shape index (κ1) is 9.44. The fourth-order valence-corrected chi connectivity index (χ4v) is 1.68. The van der Waals surface area contributed by atoms with Crippen LogP contribution >= 0.6 is 23.2 Å². The van der Waals surface area contributed by atoms with Crippen molar-refractivity contribution in [1.82, 2.24) is 0 Å². The van der Waals surface area contributed by atoms with Crippen LogP contribution in [0.4, 0.5) is 5.69 Å². The molecule has 0 radical (unpaired) electrons. The largest absolute Gasteiger partial charge is 0.472 e. The lowest BCUT2D eigenvalue weighted by atomic mass is 10.1. The predicted molar refractivity (Wildman–Crippen MR) is 58.6 cm³/mol. The Hall–Kier alpha value is -1.12. The predicted octanol–water partition coefficient (Wildman–Crippen LogP) is 3.84. The molecule has 0 aliphatic heterocycles. The molecule has 2 N–H and O–H groups in total.